The Bertz CT molecular complexity index is 966. The van der Waals surface area contributed by atoms with Crippen molar-refractivity contribution in [2.24, 2.45) is 5.92 Å². The molecule has 4 rings (SSSR count). The summed E-state index contributed by atoms with van der Waals surface area (Å²) in [5.41, 5.74) is 1.41. The minimum Gasteiger partial charge on any atom is -0.497 e. The number of benzene rings is 1. The molecule has 2 aromatic heterocycles. The van der Waals surface area contributed by atoms with Gasteiger partial charge in [-0.05, 0) is 35.7 Å². The first-order valence-electron chi connectivity index (χ1n) is 8.85. The fourth-order valence-corrected chi connectivity index (χ4v) is 3.82. The van der Waals surface area contributed by atoms with E-state index in [0.29, 0.717) is 18.0 Å². The molecule has 8 heteroatoms. The van der Waals surface area contributed by atoms with Gasteiger partial charge < -0.3 is 19.5 Å². The Morgan fingerprint density at radius 2 is 2.18 bits per heavy atom. The lowest BCUT2D eigenvalue weighted by molar-refractivity contribution is -0.126. The van der Waals surface area contributed by atoms with Gasteiger partial charge in [-0.25, -0.2) is 0 Å². The number of rotatable bonds is 6. The molecule has 1 unspecified atom stereocenters. The van der Waals surface area contributed by atoms with Crippen molar-refractivity contribution in [3.05, 3.63) is 53.5 Å². The van der Waals surface area contributed by atoms with E-state index in [1.165, 1.54) is 0 Å². The number of nitrogens with zero attached hydrogens (tertiary/aromatic N) is 2. The van der Waals surface area contributed by atoms with Gasteiger partial charge in [0.25, 0.3) is 0 Å². The fourth-order valence-electron chi connectivity index (χ4n) is 3.15. The number of aromatic nitrogens is 1. The van der Waals surface area contributed by atoms with E-state index >= 15 is 0 Å². The summed E-state index contributed by atoms with van der Waals surface area (Å²) in [7, 11) is 1.59. The van der Waals surface area contributed by atoms with Crippen LogP contribution in [0.15, 0.2) is 52.4 Å². The summed E-state index contributed by atoms with van der Waals surface area (Å²) in [5.74, 6) is 0.787. The van der Waals surface area contributed by atoms with Crippen LogP contribution < -0.4 is 15.0 Å². The third-order valence-electron chi connectivity index (χ3n) is 4.65. The second-order valence-electron chi connectivity index (χ2n) is 6.48. The van der Waals surface area contributed by atoms with E-state index in [1.54, 1.807) is 35.5 Å². The lowest BCUT2D eigenvalue weighted by Gasteiger charge is -2.17. The molecule has 3 aromatic rings. The van der Waals surface area contributed by atoms with Crippen molar-refractivity contribution in [2.75, 3.05) is 18.6 Å². The fraction of sp³-hybridized carbons (Fsp3) is 0.250. The van der Waals surface area contributed by atoms with Crippen molar-refractivity contribution in [2.45, 2.75) is 13.0 Å². The molecule has 2 amide bonds. The summed E-state index contributed by atoms with van der Waals surface area (Å²) >= 11 is 1.56. The van der Waals surface area contributed by atoms with Gasteiger partial charge in [0.15, 0.2) is 5.76 Å². The Balaban J connectivity index is 1.34. The number of carbonyl (C=O) groups excluding carboxylic acids is 2. The maximum absolute atomic E-state index is 12.5. The molecule has 1 saturated heterocycles. The molecule has 1 aliphatic rings. The van der Waals surface area contributed by atoms with E-state index < -0.39 is 5.92 Å². The maximum atomic E-state index is 12.5. The van der Waals surface area contributed by atoms with Gasteiger partial charge >= 0.3 is 0 Å². The van der Waals surface area contributed by atoms with Crippen LogP contribution in [-0.2, 0) is 16.1 Å². The van der Waals surface area contributed by atoms with Crippen LogP contribution in [0.25, 0.3) is 10.6 Å². The number of amides is 2. The minimum atomic E-state index is -0.390. The Hall–Kier alpha value is -3.13. The highest BCUT2D eigenvalue weighted by atomic mass is 32.1. The molecule has 1 aromatic carbocycles. The Kier molecular flexibility index (Phi) is 5.12. The van der Waals surface area contributed by atoms with Gasteiger partial charge in [-0.3, -0.25) is 9.59 Å². The number of thiophene rings is 1. The van der Waals surface area contributed by atoms with Crippen LogP contribution in [0.2, 0.25) is 0 Å². The van der Waals surface area contributed by atoms with E-state index in [9.17, 15) is 9.59 Å². The van der Waals surface area contributed by atoms with Crippen LogP contribution in [0.4, 0.5) is 5.69 Å². The number of carbonyl (C=O) groups is 2. The van der Waals surface area contributed by atoms with Crippen LogP contribution in [0, 0.1) is 5.92 Å². The molecular formula is C20H19N3O4S. The quantitative estimate of drug-likeness (QED) is 0.691. The zero-order valence-corrected chi connectivity index (χ0v) is 16.1. The highest BCUT2D eigenvalue weighted by molar-refractivity contribution is 7.13. The first-order chi connectivity index (χ1) is 13.6. The standard InChI is InChI=1S/C20H19N3O4S/c1-26-16-6-4-15(5-7-16)23-12-13(9-19(23)24)20(25)21-11-14-10-17(27-22-14)18-3-2-8-28-18/h2-8,10,13H,9,11-12H2,1H3,(H,21,25). The van der Waals surface area contributed by atoms with Crippen molar-refractivity contribution in [3.8, 4) is 16.4 Å². The van der Waals surface area contributed by atoms with Crippen LogP contribution in [-0.4, -0.2) is 30.6 Å². The average Bonchev–Trinajstić information content (AvgIpc) is 3.46. The van der Waals surface area contributed by atoms with E-state index in [-0.39, 0.29) is 24.8 Å². The molecule has 0 saturated carbocycles. The number of ether oxygens (including phenoxy) is 1. The molecular weight excluding hydrogens is 378 g/mol. The van der Waals surface area contributed by atoms with E-state index in [0.717, 1.165) is 16.3 Å². The van der Waals surface area contributed by atoms with Crippen molar-refractivity contribution >= 4 is 28.8 Å². The van der Waals surface area contributed by atoms with Gasteiger partial charge in [-0.15, -0.1) is 11.3 Å². The molecule has 0 radical (unpaired) electrons. The Morgan fingerprint density at radius 3 is 2.89 bits per heavy atom. The lowest BCUT2D eigenvalue weighted by atomic mass is 10.1. The summed E-state index contributed by atoms with van der Waals surface area (Å²) in [6.45, 7) is 0.622. The number of hydrogen-bond acceptors (Lipinski definition) is 6. The topological polar surface area (TPSA) is 84.7 Å². The molecule has 144 valence electrons. The number of hydrogen-bond donors (Lipinski definition) is 1. The predicted octanol–water partition coefficient (Wildman–Crippen LogP) is 3.08. The zero-order valence-electron chi connectivity index (χ0n) is 15.3. The summed E-state index contributed by atoms with van der Waals surface area (Å²) in [4.78, 5) is 27.5. The van der Waals surface area contributed by atoms with Crippen LogP contribution >= 0.6 is 11.3 Å². The van der Waals surface area contributed by atoms with Crippen LogP contribution in [0.1, 0.15) is 12.1 Å². The van der Waals surface area contributed by atoms with Crippen molar-refractivity contribution in [1.29, 1.82) is 0 Å². The Morgan fingerprint density at radius 1 is 1.36 bits per heavy atom. The average molecular weight is 397 g/mol. The van der Waals surface area contributed by atoms with Gasteiger partial charge in [0.1, 0.15) is 11.4 Å². The monoisotopic (exact) mass is 397 g/mol. The van der Waals surface area contributed by atoms with Gasteiger partial charge in [-0.1, -0.05) is 11.2 Å². The molecule has 1 fully saturated rings. The third kappa shape index (κ3) is 3.77. The van der Waals surface area contributed by atoms with Gasteiger partial charge in [-0.2, -0.15) is 0 Å². The highest BCUT2D eigenvalue weighted by Gasteiger charge is 2.35. The van der Waals surface area contributed by atoms with Gasteiger partial charge in [0, 0.05) is 24.7 Å². The smallest absolute Gasteiger partial charge is 0.227 e. The third-order valence-corrected chi connectivity index (χ3v) is 5.53. The van der Waals surface area contributed by atoms with Gasteiger partial charge in [0.2, 0.25) is 11.8 Å². The first-order valence-corrected chi connectivity index (χ1v) is 9.73. The number of nitrogens with one attached hydrogen (secondary N) is 1. The summed E-state index contributed by atoms with van der Waals surface area (Å²) < 4.78 is 10.5. The summed E-state index contributed by atoms with van der Waals surface area (Å²) in [6.07, 6.45) is 0.192. The zero-order chi connectivity index (χ0) is 19.5. The molecule has 0 aliphatic carbocycles. The van der Waals surface area contributed by atoms with Crippen molar-refractivity contribution in [1.82, 2.24) is 10.5 Å². The Labute approximate surface area is 165 Å². The van der Waals surface area contributed by atoms with Crippen molar-refractivity contribution < 1.29 is 18.8 Å². The van der Waals surface area contributed by atoms with Crippen molar-refractivity contribution in [3.63, 3.8) is 0 Å². The van der Waals surface area contributed by atoms with Gasteiger partial charge in [0.05, 0.1) is 24.4 Å². The summed E-state index contributed by atoms with van der Waals surface area (Å²) in [6, 6.07) is 12.9. The molecule has 1 atom stereocenters. The molecule has 7 nitrogen and oxygen atoms in total. The normalized spacial score (nSPS) is 16.4. The summed E-state index contributed by atoms with van der Waals surface area (Å²) in [5, 5.41) is 8.81. The molecule has 28 heavy (non-hydrogen) atoms. The molecule has 0 bridgehead atoms. The highest BCUT2D eigenvalue weighted by Crippen LogP contribution is 2.27. The van der Waals surface area contributed by atoms with E-state index in [4.69, 9.17) is 9.26 Å². The molecule has 1 aliphatic heterocycles. The number of anilines is 1. The first kappa shape index (κ1) is 18.2. The molecule has 1 N–H and O–H groups in total. The molecule has 3 heterocycles. The predicted molar refractivity (Wildman–Crippen MR) is 105 cm³/mol. The van der Waals surface area contributed by atoms with Crippen LogP contribution in [0.3, 0.4) is 0 Å². The largest absolute Gasteiger partial charge is 0.497 e. The molecule has 0 spiro atoms. The second kappa shape index (κ2) is 7.85. The minimum absolute atomic E-state index is 0.0632. The SMILES string of the molecule is COc1ccc(N2CC(C(=O)NCc3cc(-c4cccs4)on3)CC2=O)cc1. The van der Waals surface area contributed by atoms with E-state index in [2.05, 4.69) is 10.5 Å². The lowest BCUT2D eigenvalue weighted by Crippen LogP contribution is -2.32. The number of methoxy groups -OCH3 is 1. The van der Waals surface area contributed by atoms with Crippen LogP contribution in [0.5, 0.6) is 5.75 Å². The van der Waals surface area contributed by atoms with E-state index in [1.807, 2.05) is 35.7 Å². The maximum Gasteiger partial charge on any atom is 0.227 e. The second-order valence-corrected chi connectivity index (χ2v) is 7.43.